The van der Waals surface area contributed by atoms with E-state index in [0.29, 0.717) is 28.1 Å². The van der Waals surface area contributed by atoms with Crippen molar-refractivity contribution in [1.82, 2.24) is 5.32 Å². The Morgan fingerprint density at radius 3 is 2.60 bits per heavy atom. The molecule has 0 saturated carbocycles. The molecule has 0 unspecified atom stereocenters. The Labute approximate surface area is 128 Å². The first kappa shape index (κ1) is 14.6. The summed E-state index contributed by atoms with van der Waals surface area (Å²) in [4.78, 5) is 0. The normalized spacial score (nSPS) is 9.90. The number of ether oxygens (including phenoxy) is 1. The fraction of sp³-hybridized carbons (Fsp3) is 0.133. The zero-order valence-corrected chi connectivity index (χ0v) is 12.6. The number of hydrogen-bond donors (Lipinski definition) is 2. The predicted molar refractivity (Wildman–Crippen MR) is 87.5 cm³/mol. The number of anilines is 1. The SMILES string of the molecule is COc1cccc(Cl)c1NC(=S)NCc1ccccc1. The van der Waals surface area contributed by atoms with Gasteiger partial charge in [-0.15, -0.1) is 0 Å². The molecule has 0 heterocycles. The van der Waals surface area contributed by atoms with Crippen molar-refractivity contribution in [3.05, 3.63) is 59.1 Å². The molecule has 0 aromatic heterocycles. The van der Waals surface area contributed by atoms with Gasteiger partial charge in [-0.1, -0.05) is 48.0 Å². The summed E-state index contributed by atoms with van der Waals surface area (Å²) >= 11 is 11.4. The van der Waals surface area contributed by atoms with E-state index in [1.807, 2.05) is 42.5 Å². The standard InChI is InChI=1S/C15H15ClN2OS/c1-19-13-9-5-8-12(16)14(13)18-15(20)17-10-11-6-3-2-4-7-11/h2-9H,10H2,1H3,(H2,17,18,20). The Hall–Kier alpha value is -1.78. The van der Waals surface area contributed by atoms with Crippen molar-refractivity contribution >= 4 is 34.6 Å². The van der Waals surface area contributed by atoms with Crippen molar-refractivity contribution in [2.24, 2.45) is 0 Å². The van der Waals surface area contributed by atoms with E-state index in [2.05, 4.69) is 10.6 Å². The van der Waals surface area contributed by atoms with Crippen LogP contribution in [0.3, 0.4) is 0 Å². The van der Waals surface area contributed by atoms with E-state index in [1.54, 1.807) is 13.2 Å². The number of para-hydroxylation sites is 1. The Kier molecular flexibility index (Phi) is 5.21. The van der Waals surface area contributed by atoms with Gasteiger partial charge in [0.25, 0.3) is 0 Å². The zero-order valence-electron chi connectivity index (χ0n) is 11.0. The largest absolute Gasteiger partial charge is 0.495 e. The van der Waals surface area contributed by atoms with E-state index in [-0.39, 0.29) is 0 Å². The average Bonchev–Trinajstić information content (AvgIpc) is 2.48. The second kappa shape index (κ2) is 7.12. The van der Waals surface area contributed by atoms with Gasteiger partial charge in [0.15, 0.2) is 5.11 Å². The Balaban J connectivity index is 1.98. The molecule has 3 nitrogen and oxygen atoms in total. The van der Waals surface area contributed by atoms with Crippen LogP contribution in [0.15, 0.2) is 48.5 Å². The van der Waals surface area contributed by atoms with E-state index < -0.39 is 0 Å². The van der Waals surface area contributed by atoms with Crippen LogP contribution in [0.2, 0.25) is 5.02 Å². The van der Waals surface area contributed by atoms with Crippen LogP contribution in [0.1, 0.15) is 5.56 Å². The fourth-order valence-corrected chi connectivity index (χ4v) is 2.12. The molecule has 104 valence electrons. The van der Waals surface area contributed by atoms with Gasteiger partial charge in [0, 0.05) is 6.54 Å². The molecule has 2 rings (SSSR count). The van der Waals surface area contributed by atoms with E-state index in [4.69, 9.17) is 28.6 Å². The molecule has 0 aliphatic carbocycles. The summed E-state index contributed by atoms with van der Waals surface area (Å²) in [7, 11) is 1.59. The summed E-state index contributed by atoms with van der Waals surface area (Å²) in [6.07, 6.45) is 0. The summed E-state index contributed by atoms with van der Waals surface area (Å²) in [5.41, 5.74) is 1.82. The highest BCUT2D eigenvalue weighted by molar-refractivity contribution is 7.80. The first-order chi connectivity index (χ1) is 9.70. The lowest BCUT2D eigenvalue weighted by Gasteiger charge is -2.14. The number of benzene rings is 2. The number of halogens is 1. The molecule has 0 saturated heterocycles. The van der Waals surface area contributed by atoms with Crippen LogP contribution in [-0.4, -0.2) is 12.2 Å². The topological polar surface area (TPSA) is 33.3 Å². The molecule has 0 bridgehead atoms. The Bertz CT molecular complexity index is 590. The van der Waals surface area contributed by atoms with Gasteiger partial charge in [-0.2, -0.15) is 0 Å². The van der Waals surface area contributed by atoms with Crippen LogP contribution in [-0.2, 0) is 6.54 Å². The lowest BCUT2D eigenvalue weighted by molar-refractivity contribution is 0.417. The molecule has 0 aliphatic rings. The summed E-state index contributed by atoms with van der Waals surface area (Å²) < 4.78 is 5.26. The van der Waals surface area contributed by atoms with Crippen LogP contribution in [0.25, 0.3) is 0 Å². The lowest BCUT2D eigenvalue weighted by Crippen LogP contribution is -2.28. The van der Waals surface area contributed by atoms with Crippen molar-refractivity contribution in [3.63, 3.8) is 0 Å². The van der Waals surface area contributed by atoms with E-state index in [9.17, 15) is 0 Å². The molecule has 20 heavy (non-hydrogen) atoms. The minimum atomic E-state index is 0.500. The third-order valence-corrected chi connectivity index (χ3v) is 3.29. The molecule has 0 atom stereocenters. The first-order valence-electron chi connectivity index (χ1n) is 6.12. The number of rotatable bonds is 4. The van der Waals surface area contributed by atoms with Gasteiger partial charge in [0.1, 0.15) is 11.4 Å². The third kappa shape index (κ3) is 3.85. The van der Waals surface area contributed by atoms with Crippen molar-refractivity contribution in [1.29, 1.82) is 0 Å². The van der Waals surface area contributed by atoms with Crippen molar-refractivity contribution in [2.75, 3.05) is 12.4 Å². The number of hydrogen-bond acceptors (Lipinski definition) is 2. The Morgan fingerprint density at radius 2 is 1.90 bits per heavy atom. The number of nitrogens with one attached hydrogen (secondary N) is 2. The maximum absolute atomic E-state index is 6.14. The summed E-state index contributed by atoms with van der Waals surface area (Å²) in [6.45, 7) is 0.652. The minimum absolute atomic E-state index is 0.500. The van der Waals surface area contributed by atoms with Crippen molar-refractivity contribution in [2.45, 2.75) is 6.54 Å². The van der Waals surface area contributed by atoms with Crippen LogP contribution in [0, 0.1) is 0 Å². The van der Waals surface area contributed by atoms with Crippen LogP contribution >= 0.6 is 23.8 Å². The smallest absolute Gasteiger partial charge is 0.171 e. The molecule has 0 radical (unpaired) electrons. The second-order valence-corrected chi connectivity index (χ2v) is 4.93. The second-order valence-electron chi connectivity index (χ2n) is 4.11. The van der Waals surface area contributed by atoms with Gasteiger partial charge >= 0.3 is 0 Å². The molecule has 2 N–H and O–H groups in total. The van der Waals surface area contributed by atoms with Gasteiger partial charge in [-0.3, -0.25) is 0 Å². The number of methoxy groups -OCH3 is 1. The molecular weight excluding hydrogens is 292 g/mol. The molecule has 5 heteroatoms. The van der Waals surface area contributed by atoms with E-state index in [0.717, 1.165) is 5.56 Å². The average molecular weight is 307 g/mol. The van der Waals surface area contributed by atoms with Crippen molar-refractivity contribution < 1.29 is 4.74 Å². The highest BCUT2D eigenvalue weighted by Crippen LogP contribution is 2.31. The minimum Gasteiger partial charge on any atom is -0.495 e. The maximum atomic E-state index is 6.14. The monoisotopic (exact) mass is 306 g/mol. The maximum Gasteiger partial charge on any atom is 0.171 e. The van der Waals surface area contributed by atoms with Gasteiger partial charge in [0.05, 0.1) is 12.1 Å². The molecule has 2 aromatic rings. The van der Waals surface area contributed by atoms with Gasteiger partial charge in [0.2, 0.25) is 0 Å². The molecule has 0 aliphatic heterocycles. The molecule has 2 aromatic carbocycles. The summed E-state index contributed by atoms with van der Waals surface area (Å²) in [6, 6.07) is 15.5. The van der Waals surface area contributed by atoms with E-state index in [1.165, 1.54) is 0 Å². The van der Waals surface area contributed by atoms with Crippen LogP contribution in [0.4, 0.5) is 5.69 Å². The highest BCUT2D eigenvalue weighted by Gasteiger charge is 2.08. The summed E-state index contributed by atoms with van der Waals surface area (Å²) in [5.74, 6) is 0.654. The van der Waals surface area contributed by atoms with Crippen LogP contribution < -0.4 is 15.4 Å². The lowest BCUT2D eigenvalue weighted by atomic mass is 10.2. The summed E-state index contributed by atoms with van der Waals surface area (Å²) in [5, 5.41) is 7.26. The quantitative estimate of drug-likeness (QED) is 0.841. The highest BCUT2D eigenvalue weighted by atomic mass is 35.5. The van der Waals surface area contributed by atoms with E-state index >= 15 is 0 Å². The molecule has 0 amide bonds. The predicted octanol–water partition coefficient (Wildman–Crippen LogP) is 3.84. The Morgan fingerprint density at radius 1 is 1.15 bits per heavy atom. The van der Waals surface area contributed by atoms with Gasteiger partial charge in [-0.05, 0) is 29.9 Å². The van der Waals surface area contributed by atoms with Crippen molar-refractivity contribution in [3.8, 4) is 5.75 Å². The molecule has 0 spiro atoms. The van der Waals surface area contributed by atoms with Gasteiger partial charge in [-0.25, -0.2) is 0 Å². The number of thiocarbonyl (C=S) groups is 1. The van der Waals surface area contributed by atoms with Gasteiger partial charge < -0.3 is 15.4 Å². The molecular formula is C15H15ClN2OS. The first-order valence-corrected chi connectivity index (χ1v) is 6.90. The fourth-order valence-electron chi connectivity index (χ4n) is 1.73. The zero-order chi connectivity index (χ0) is 14.4. The molecule has 0 fully saturated rings. The third-order valence-electron chi connectivity index (χ3n) is 2.73. The van der Waals surface area contributed by atoms with Crippen LogP contribution in [0.5, 0.6) is 5.75 Å².